The maximum Gasteiger partial charge on any atom is 0.313 e. The third kappa shape index (κ3) is 4.10. The molecule has 98 valence electrons. The molecule has 7 heteroatoms. The Morgan fingerprint density at radius 1 is 1.33 bits per heavy atom. The molecule has 0 saturated heterocycles. The molecule has 0 fully saturated rings. The van der Waals surface area contributed by atoms with Crippen LogP contribution in [0.5, 0.6) is 0 Å². The molecule has 2 amide bonds. The third-order valence-electron chi connectivity index (χ3n) is 1.94. The van der Waals surface area contributed by atoms with Crippen molar-refractivity contribution in [1.82, 2.24) is 5.32 Å². The van der Waals surface area contributed by atoms with E-state index in [1.807, 2.05) is 5.32 Å². The standard InChI is InChI=1S/C11H12F2N2O3/c1-6(16)5-14-10(17)11(18)15-9-3-2-7(12)4-8(9)13/h2-4,6,16H,5H2,1H3,(H,14,17)(H,15,18)/t6-/m0/s1. The second-order valence-corrected chi connectivity index (χ2v) is 3.64. The summed E-state index contributed by atoms with van der Waals surface area (Å²) in [7, 11) is 0. The lowest BCUT2D eigenvalue weighted by molar-refractivity contribution is -0.136. The van der Waals surface area contributed by atoms with Crippen LogP contribution in [0.25, 0.3) is 0 Å². The van der Waals surface area contributed by atoms with Crippen molar-refractivity contribution in [2.45, 2.75) is 13.0 Å². The van der Waals surface area contributed by atoms with E-state index in [4.69, 9.17) is 5.11 Å². The maximum absolute atomic E-state index is 13.2. The second kappa shape index (κ2) is 6.06. The zero-order valence-electron chi connectivity index (χ0n) is 9.54. The molecule has 5 nitrogen and oxygen atoms in total. The Labute approximate surface area is 102 Å². The zero-order valence-corrected chi connectivity index (χ0v) is 9.54. The van der Waals surface area contributed by atoms with Crippen molar-refractivity contribution in [1.29, 1.82) is 0 Å². The van der Waals surface area contributed by atoms with Crippen molar-refractivity contribution in [3.8, 4) is 0 Å². The van der Waals surface area contributed by atoms with E-state index in [0.717, 1.165) is 12.1 Å². The summed E-state index contributed by atoms with van der Waals surface area (Å²) >= 11 is 0. The molecule has 0 aliphatic carbocycles. The average molecular weight is 258 g/mol. The van der Waals surface area contributed by atoms with Crippen molar-refractivity contribution in [3.05, 3.63) is 29.8 Å². The van der Waals surface area contributed by atoms with Gasteiger partial charge >= 0.3 is 11.8 Å². The van der Waals surface area contributed by atoms with Gasteiger partial charge in [0.05, 0.1) is 11.8 Å². The first-order chi connectivity index (χ1) is 8.40. The van der Waals surface area contributed by atoms with E-state index in [-0.39, 0.29) is 12.2 Å². The highest BCUT2D eigenvalue weighted by Crippen LogP contribution is 2.14. The molecule has 0 radical (unpaired) electrons. The summed E-state index contributed by atoms with van der Waals surface area (Å²) in [6, 6.07) is 2.54. The van der Waals surface area contributed by atoms with Gasteiger partial charge < -0.3 is 15.7 Å². The molecular weight excluding hydrogens is 246 g/mol. The molecule has 3 N–H and O–H groups in total. The van der Waals surface area contributed by atoms with Gasteiger partial charge in [0.15, 0.2) is 0 Å². The topological polar surface area (TPSA) is 78.4 Å². The van der Waals surface area contributed by atoms with Gasteiger partial charge in [0.2, 0.25) is 0 Å². The molecule has 0 saturated carbocycles. The number of halogens is 2. The Morgan fingerprint density at radius 2 is 2.00 bits per heavy atom. The van der Waals surface area contributed by atoms with Crippen LogP contribution in [0.15, 0.2) is 18.2 Å². The number of aliphatic hydroxyl groups is 1. The minimum absolute atomic E-state index is 0.0991. The molecule has 0 spiro atoms. The van der Waals surface area contributed by atoms with Gasteiger partial charge in [-0.15, -0.1) is 0 Å². The molecule has 0 unspecified atom stereocenters. The van der Waals surface area contributed by atoms with Gasteiger partial charge in [0, 0.05) is 12.6 Å². The van der Waals surface area contributed by atoms with E-state index < -0.39 is 29.6 Å². The van der Waals surface area contributed by atoms with Crippen molar-refractivity contribution in [2.24, 2.45) is 0 Å². The fourth-order valence-electron chi connectivity index (χ4n) is 1.09. The number of carbonyl (C=O) groups is 2. The number of hydrogen-bond donors (Lipinski definition) is 3. The summed E-state index contributed by atoms with van der Waals surface area (Å²) in [6.07, 6.45) is -0.802. The molecule has 0 aliphatic rings. The van der Waals surface area contributed by atoms with Crippen LogP contribution in [0.1, 0.15) is 6.92 Å². The maximum atomic E-state index is 13.2. The molecule has 18 heavy (non-hydrogen) atoms. The van der Waals surface area contributed by atoms with Crippen LogP contribution < -0.4 is 10.6 Å². The Bertz CT molecular complexity index is 464. The fraction of sp³-hybridized carbons (Fsp3) is 0.273. The number of carbonyl (C=O) groups excluding carboxylic acids is 2. The first-order valence-corrected chi connectivity index (χ1v) is 5.12. The summed E-state index contributed by atoms with van der Waals surface area (Å²) in [5, 5.41) is 13.0. The van der Waals surface area contributed by atoms with Gasteiger partial charge in [-0.1, -0.05) is 0 Å². The summed E-state index contributed by atoms with van der Waals surface area (Å²) in [5.41, 5.74) is -0.298. The van der Waals surface area contributed by atoms with E-state index in [9.17, 15) is 18.4 Å². The lowest BCUT2D eigenvalue weighted by Crippen LogP contribution is -2.38. The number of anilines is 1. The van der Waals surface area contributed by atoms with Crippen LogP contribution in [0.3, 0.4) is 0 Å². The van der Waals surface area contributed by atoms with Crippen LogP contribution in [0, 0.1) is 11.6 Å². The first-order valence-electron chi connectivity index (χ1n) is 5.12. The molecule has 1 atom stereocenters. The predicted molar refractivity (Wildman–Crippen MR) is 59.7 cm³/mol. The van der Waals surface area contributed by atoms with Crippen LogP contribution in [0.4, 0.5) is 14.5 Å². The number of hydrogen-bond acceptors (Lipinski definition) is 3. The van der Waals surface area contributed by atoms with E-state index in [1.165, 1.54) is 6.92 Å². The van der Waals surface area contributed by atoms with Crippen LogP contribution in [-0.2, 0) is 9.59 Å². The molecule has 0 heterocycles. The van der Waals surface area contributed by atoms with E-state index in [1.54, 1.807) is 0 Å². The molecule has 1 aromatic carbocycles. The number of rotatable bonds is 3. The fourth-order valence-corrected chi connectivity index (χ4v) is 1.09. The molecule has 0 aliphatic heterocycles. The lowest BCUT2D eigenvalue weighted by Gasteiger charge is -2.08. The van der Waals surface area contributed by atoms with Crippen LogP contribution >= 0.6 is 0 Å². The average Bonchev–Trinajstić information content (AvgIpc) is 2.29. The van der Waals surface area contributed by atoms with Gasteiger partial charge in [0.25, 0.3) is 0 Å². The van der Waals surface area contributed by atoms with Gasteiger partial charge in [-0.05, 0) is 19.1 Å². The smallest absolute Gasteiger partial charge is 0.313 e. The minimum atomic E-state index is -1.10. The van der Waals surface area contributed by atoms with Crippen molar-refractivity contribution in [3.63, 3.8) is 0 Å². The van der Waals surface area contributed by atoms with E-state index in [2.05, 4.69) is 5.32 Å². The normalized spacial score (nSPS) is 11.8. The zero-order chi connectivity index (χ0) is 13.7. The molecule has 0 aromatic heterocycles. The van der Waals surface area contributed by atoms with Gasteiger partial charge in [-0.2, -0.15) is 0 Å². The number of amides is 2. The van der Waals surface area contributed by atoms with Gasteiger partial charge in [0.1, 0.15) is 11.6 Å². The lowest BCUT2D eigenvalue weighted by atomic mass is 10.3. The van der Waals surface area contributed by atoms with Crippen LogP contribution in [0.2, 0.25) is 0 Å². The van der Waals surface area contributed by atoms with E-state index in [0.29, 0.717) is 6.07 Å². The van der Waals surface area contributed by atoms with Gasteiger partial charge in [-0.25, -0.2) is 8.78 Å². The van der Waals surface area contributed by atoms with Crippen molar-refractivity contribution >= 4 is 17.5 Å². The number of aliphatic hydroxyl groups excluding tert-OH is 1. The number of nitrogens with one attached hydrogen (secondary N) is 2. The van der Waals surface area contributed by atoms with Crippen molar-refractivity contribution < 1.29 is 23.5 Å². The molecule has 1 aromatic rings. The summed E-state index contributed by atoms with van der Waals surface area (Å²) < 4.78 is 25.8. The monoisotopic (exact) mass is 258 g/mol. The summed E-state index contributed by atoms with van der Waals surface area (Å²) in [4.78, 5) is 22.5. The Morgan fingerprint density at radius 3 is 2.56 bits per heavy atom. The largest absolute Gasteiger partial charge is 0.392 e. The Kier molecular flexibility index (Phi) is 4.73. The highest BCUT2D eigenvalue weighted by Gasteiger charge is 2.15. The quantitative estimate of drug-likeness (QED) is 0.687. The highest BCUT2D eigenvalue weighted by molar-refractivity contribution is 6.39. The second-order valence-electron chi connectivity index (χ2n) is 3.64. The Hall–Kier alpha value is -2.02. The Balaban J connectivity index is 2.61. The number of benzene rings is 1. The molecule has 0 bridgehead atoms. The molecule has 1 rings (SSSR count). The molecular formula is C11H12F2N2O3. The van der Waals surface area contributed by atoms with Crippen LogP contribution in [-0.4, -0.2) is 29.6 Å². The highest BCUT2D eigenvalue weighted by atomic mass is 19.1. The third-order valence-corrected chi connectivity index (χ3v) is 1.94. The van der Waals surface area contributed by atoms with Gasteiger partial charge in [-0.3, -0.25) is 9.59 Å². The van der Waals surface area contributed by atoms with E-state index >= 15 is 0 Å². The first kappa shape index (κ1) is 14.0. The SMILES string of the molecule is C[C@H](O)CNC(=O)C(=O)Nc1ccc(F)cc1F. The summed E-state index contributed by atoms with van der Waals surface area (Å²) in [5.74, 6) is -3.88. The summed E-state index contributed by atoms with van der Waals surface area (Å²) in [6.45, 7) is 1.33. The predicted octanol–water partition coefficient (Wildman–Crippen LogP) is 0.400. The van der Waals surface area contributed by atoms with Crippen molar-refractivity contribution in [2.75, 3.05) is 11.9 Å². The minimum Gasteiger partial charge on any atom is -0.392 e.